The molecule has 0 radical (unpaired) electrons. The van der Waals surface area contributed by atoms with Crippen LogP contribution in [-0.2, 0) is 0 Å². The van der Waals surface area contributed by atoms with Crippen molar-refractivity contribution in [2.45, 2.75) is 0 Å². The van der Waals surface area contributed by atoms with Crippen LogP contribution in [0, 0.1) is 0 Å². The van der Waals surface area contributed by atoms with Gasteiger partial charge in [-0.15, -0.1) is 0 Å². The Morgan fingerprint density at radius 1 is 1.06 bits per heavy atom. The highest BCUT2D eigenvalue weighted by molar-refractivity contribution is 9.10. The van der Waals surface area contributed by atoms with Gasteiger partial charge in [0.2, 0.25) is 0 Å². The number of ketones is 1. The first-order valence-electron chi connectivity index (χ1n) is 5.15. The predicted octanol–water partition coefficient (Wildman–Crippen LogP) is 3.69. The van der Waals surface area contributed by atoms with Crippen LogP contribution in [0.25, 0.3) is 0 Å². The summed E-state index contributed by atoms with van der Waals surface area (Å²) in [5.74, 6) is 0.656. The Kier molecular flexibility index (Phi) is 3.59. The predicted molar refractivity (Wildman–Crippen MR) is 70.6 cm³/mol. The van der Waals surface area contributed by atoms with E-state index in [4.69, 9.17) is 4.74 Å². The highest BCUT2D eigenvalue weighted by Crippen LogP contribution is 2.23. The highest BCUT2D eigenvalue weighted by Gasteiger charge is 2.10. The maximum atomic E-state index is 12.2. The second-order valence-corrected chi connectivity index (χ2v) is 4.49. The molecule has 0 aromatic heterocycles. The minimum atomic E-state index is -0.00907. The van der Waals surface area contributed by atoms with E-state index >= 15 is 0 Å². The molecular formula is C14H11BrO2. The molecule has 0 spiro atoms. The van der Waals surface area contributed by atoms with Gasteiger partial charge in [0.15, 0.2) is 5.78 Å². The molecule has 0 atom stereocenters. The Morgan fingerprint density at radius 2 is 1.76 bits per heavy atom. The van der Waals surface area contributed by atoms with Gasteiger partial charge in [-0.1, -0.05) is 46.3 Å². The third kappa shape index (κ3) is 2.74. The molecule has 0 aliphatic heterocycles. The molecule has 0 bridgehead atoms. The molecule has 0 fully saturated rings. The summed E-state index contributed by atoms with van der Waals surface area (Å²) in [6, 6.07) is 14.5. The number of hydrogen-bond donors (Lipinski definition) is 0. The third-order valence-electron chi connectivity index (χ3n) is 2.41. The molecule has 17 heavy (non-hydrogen) atoms. The topological polar surface area (TPSA) is 26.3 Å². The summed E-state index contributed by atoms with van der Waals surface area (Å²) in [5, 5.41) is 0. The van der Waals surface area contributed by atoms with Crippen molar-refractivity contribution in [1.82, 2.24) is 0 Å². The molecule has 2 aromatic rings. The van der Waals surface area contributed by atoms with E-state index in [1.165, 1.54) is 0 Å². The summed E-state index contributed by atoms with van der Waals surface area (Å²) in [4.78, 5) is 12.2. The monoisotopic (exact) mass is 290 g/mol. The number of halogens is 1. The van der Waals surface area contributed by atoms with Gasteiger partial charge in [-0.05, 0) is 18.2 Å². The molecule has 3 heteroatoms. The summed E-state index contributed by atoms with van der Waals surface area (Å²) < 4.78 is 5.97. The zero-order chi connectivity index (χ0) is 12.3. The van der Waals surface area contributed by atoms with Crippen molar-refractivity contribution in [2.75, 3.05) is 7.11 Å². The quantitative estimate of drug-likeness (QED) is 0.806. The summed E-state index contributed by atoms with van der Waals surface area (Å²) in [6.45, 7) is 0. The molecule has 0 saturated carbocycles. The largest absolute Gasteiger partial charge is 0.497 e. The Bertz CT molecular complexity index is 535. The Balaban J connectivity index is 2.41. The zero-order valence-electron chi connectivity index (χ0n) is 9.31. The maximum absolute atomic E-state index is 12.2. The molecular weight excluding hydrogens is 280 g/mol. The highest BCUT2D eigenvalue weighted by atomic mass is 79.9. The van der Waals surface area contributed by atoms with Gasteiger partial charge in [0.1, 0.15) is 5.75 Å². The number of benzene rings is 2. The van der Waals surface area contributed by atoms with Crippen LogP contribution in [0.4, 0.5) is 0 Å². The fourth-order valence-corrected chi connectivity index (χ4v) is 2.04. The molecule has 0 aliphatic rings. The molecule has 0 heterocycles. The molecule has 2 aromatic carbocycles. The number of rotatable bonds is 3. The molecule has 86 valence electrons. The Morgan fingerprint density at radius 3 is 2.41 bits per heavy atom. The lowest BCUT2D eigenvalue weighted by molar-refractivity contribution is 0.103. The van der Waals surface area contributed by atoms with Gasteiger partial charge in [-0.25, -0.2) is 0 Å². The summed E-state index contributed by atoms with van der Waals surface area (Å²) in [6.07, 6.45) is 0. The van der Waals surface area contributed by atoms with E-state index in [2.05, 4.69) is 15.9 Å². The van der Waals surface area contributed by atoms with E-state index in [0.717, 1.165) is 4.47 Å². The standard InChI is InChI=1S/C14H11BrO2/c1-17-13-8-11(7-12(15)9-13)14(16)10-5-3-2-4-6-10/h2-9H,1H3. The second kappa shape index (κ2) is 5.15. The second-order valence-electron chi connectivity index (χ2n) is 3.57. The van der Waals surface area contributed by atoms with E-state index in [-0.39, 0.29) is 5.78 Å². The van der Waals surface area contributed by atoms with Crippen molar-refractivity contribution in [3.63, 3.8) is 0 Å². The lowest BCUT2D eigenvalue weighted by atomic mass is 10.0. The summed E-state index contributed by atoms with van der Waals surface area (Å²) >= 11 is 3.36. The van der Waals surface area contributed by atoms with E-state index in [0.29, 0.717) is 16.9 Å². The van der Waals surface area contributed by atoms with E-state index in [1.54, 1.807) is 31.4 Å². The molecule has 0 N–H and O–H groups in total. The van der Waals surface area contributed by atoms with Crippen LogP contribution in [0.1, 0.15) is 15.9 Å². The van der Waals surface area contributed by atoms with Crippen LogP contribution in [0.15, 0.2) is 53.0 Å². The molecule has 2 rings (SSSR count). The molecule has 0 amide bonds. The first kappa shape index (κ1) is 11.9. The van der Waals surface area contributed by atoms with Gasteiger partial charge in [0.25, 0.3) is 0 Å². The van der Waals surface area contributed by atoms with E-state index in [1.807, 2.05) is 24.3 Å². The van der Waals surface area contributed by atoms with Gasteiger partial charge < -0.3 is 4.74 Å². The van der Waals surface area contributed by atoms with Crippen LogP contribution in [0.3, 0.4) is 0 Å². The van der Waals surface area contributed by atoms with Gasteiger partial charge in [0.05, 0.1) is 7.11 Å². The number of ether oxygens (including phenoxy) is 1. The Hall–Kier alpha value is -1.61. The minimum Gasteiger partial charge on any atom is -0.497 e. The van der Waals surface area contributed by atoms with Crippen molar-refractivity contribution in [3.8, 4) is 5.75 Å². The first-order valence-corrected chi connectivity index (χ1v) is 5.94. The molecule has 0 unspecified atom stereocenters. The van der Waals surface area contributed by atoms with Crippen LogP contribution in [0.5, 0.6) is 5.75 Å². The number of methoxy groups -OCH3 is 1. The zero-order valence-corrected chi connectivity index (χ0v) is 10.9. The summed E-state index contributed by atoms with van der Waals surface area (Å²) in [5.41, 5.74) is 1.29. The van der Waals surface area contributed by atoms with Crippen LogP contribution in [-0.4, -0.2) is 12.9 Å². The van der Waals surface area contributed by atoms with Crippen LogP contribution in [0.2, 0.25) is 0 Å². The van der Waals surface area contributed by atoms with E-state index < -0.39 is 0 Å². The smallest absolute Gasteiger partial charge is 0.193 e. The van der Waals surface area contributed by atoms with Gasteiger partial charge >= 0.3 is 0 Å². The van der Waals surface area contributed by atoms with Crippen molar-refractivity contribution in [3.05, 3.63) is 64.1 Å². The number of carbonyl (C=O) groups excluding carboxylic acids is 1. The fraction of sp³-hybridized carbons (Fsp3) is 0.0714. The number of carbonyl (C=O) groups is 1. The van der Waals surface area contributed by atoms with Gasteiger partial charge in [-0.3, -0.25) is 4.79 Å². The number of hydrogen-bond acceptors (Lipinski definition) is 2. The third-order valence-corrected chi connectivity index (χ3v) is 2.86. The van der Waals surface area contributed by atoms with Gasteiger partial charge in [0, 0.05) is 15.6 Å². The maximum Gasteiger partial charge on any atom is 0.193 e. The molecule has 0 aliphatic carbocycles. The van der Waals surface area contributed by atoms with Crippen LogP contribution < -0.4 is 4.74 Å². The fourth-order valence-electron chi connectivity index (χ4n) is 1.57. The lowest BCUT2D eigenvalue weighted by Crippen LogP contribution is -2.01. The van der Waals surface area contributed by atoms with Crippen molar-refractivity contribution < 1.29 is 9.53 Å². The minimum absolute atomic E-state index is 0.00907. The average molecular weight is 291 g/mol. The van der Waals surface area contributed by atoms with Crippen molar-refractivity contribution in [2.24, 2.45) is 0 Å². The molecule has 2 nitrogen and oxygen atoms in total. The average Bonchev–Trinajstić information content (AvgIpc) is 2.38. The van der Waals surface area contributed by atoms with Crippen molar-refractivity contribution in [1.29, 1.82) is 0 Å². The summed E-state index contributed by atoms with van der Waals surface area (Å²) in [7, 11) is 1.58. The normalized spacial score (nSPS) is 10.0. The van der Waals surface area contributed by atoms with Gasteiger partial charge in [-0.2, -0.15) is 0 Å². The van der Waals surface area contributed by atoms with E-state index in [9.17, 15) is 4.79 Å². The SMILES string of the molecule is COc1cc(Br)cc(C(=O)c2ccccc2)c1. The lowest BCUT2D eigenvalue weighted by Gasteiger charge is -2.05. The Labute approximate surface area is 108 Å². The van der Waals surface area contributed by atoms with Crippen molar-refractivity contribution >= 4 is 21.7 Å². The molecule has 0 saturated heterocycles. The van der Waals surface area contributed by atoms with Crippen LogP contribution >= 0.6 is 15.9 Å². The first-order chi connectivity index (χ1) is 8.20.